The second kappa shape index (κ2) is 7.09. The van der Waals surface area contributed by atoms with Gasteiger partial charge in [-0.05, 0) is 45.8 Å². The van der Waals surface area contributed by atoms with E-state index in [4.69, 9.17) is 4.74 Å². The summed E-state index contributed by atoms with van der Waals surface area (Å²) in [7, 11) is 1.40. The SMILES string of the molecule is COc1cc(/C=N\NC(=O)c2cc(O)c(O)c(O)c2)cc(Br)c1O. The largest absolute Gasteiger partial charge is 0.504 e. The Balaban J connectivity index is 2.14. The van der Waals surface area contributed by atoms with Gasteiger partial charge in [0.2, 0.25) is 0 Å². The summed E-state index contributed by atoms with van der Waals surface area (Å²) in [5.41, 5.74) is 2.64. The first kappa shape index (κ1) is 17.4. The number of hydrazone groups is 1. The minimum absolute atomic E-state index is 0.0614. The van der Waals surface area contributed by atoms with E-state index >= 15 is 0 Å². The molecule has 0 spiro atoms. The Bertz CT molecular complexity index is 799. The van der Waals surface area contributed by atoms with Crippen molar-refractivity contribution >= 4 is 28.1 Å². The van der Waals surface area contributed by atoms with Crippen molar-refractivity contribution in [3.05, 3.63) is 39.9 Å². The van der Waals surface area contributed by atoms with Crippen molar-refractivity contribution in [3.8, 4) is 28.7 Å². The Morgan fingerprint density at radius 3 is 2.33 bits per heavy atom. The average Bonchev–Trinajstić information content (AvgIpc) is 2.55. The molecule has 126 valence electrons. The number of hydrogen-bond acceptors (Lipinski definition) is 7. The van der Waals surface area contributed by atoms with Crippen LogP contribution in [0.5, 0.6) is 28.7 Å². The molecule has 2 aromatic carbocycles. The Labute approximate surface area is 144 Å². The van der Waals surface area contributed by atoms with Crippen molar-refractivity contribution in [2.75, 3.05) is 7.11 Å². The highest BCUT2D eigenvalue weighted by Gasteiger charge is 2.13. The summed E-state index contributed by atoms with van der Waals surface area (Å²) >= 11 is 3.16. The molecule has 8 nitrogen and oxygen atoms in total. The third-order valence-electron chi connectivity index (χ3n) is 2.98. The summed E-state index contributed by atoms with van der Waals surface area (Å²) in [6, 6.07) is 5.04. The third-order valence-corrected chi connectivity index (χ3v) is 3.59. The number of nitrogens with zero attached hydrogens (tertiary/aromatic N) is 1. The minimum atomic E-state index is -0.712. The Morgan fingerprint density at radius 1 is 1.12 bits per heavy atom. The predicted octanol–water partition coefficient (Wildman–Crippen LogP) is 2.04. The predicted molar refractivity (Wildman–Crippen MR) is 88.9 cm³/mol. The summed E-state index contributed by atoms with van der Waals surface area (Å²) in [6.45, 7) is 0. The number of halogens is 1. The number of benzene rings is 2. The lowest BCUT2D eigenvalue weighted by Gasteiger charge is -2.06. The van der Waals surface area contributed by atoms with Crippen LogP contribution in [0.2, 0.25) is 0 Å². The van der Waals surface area contributed by atoms with Crippen molar-refractivity contribution in [1.29, 1.82) is 0 Å². The summed E-state index contributed by atoms with van der Waals surface area (Å²) in [6.07, 6.45) is 1.31. The molecule has 0 saturated heterocycles. The normalized spacial score (nSPS) is 10.8. The molecule has 9 heteroatoms. The average molecular weight is 397 g/mol. The summed E-state index contributed by atoms with van der Waals surface area (Å²) in [4.78, 5) is 11.9. The number of phenolic OH excluding ortho intramolecular Hbond substituents is 4. The molecular weight excluding hydrogens is 384 g/mol. The van der Waals surface area contributed by atoms with Crippen LogP contribution in [-0.2, 0) is 0 Å². The van der Waals surface area contributed by atoms with Gasteiger partial charge in [-0.1, -0.05) is 0 Å². The molecule has 1 amide bonds. The Hall–Kier alpha value is -2.94. The number of hydrogen-bond donors (Lipinski definition) is 5. The lowest BCUT2D eigenvalue weighted by molar-refractivity contribution is 0.0954. The zero-order valence-corrected chi connectivity index (χ0v) is 13.9. The molecule has 0 aliphatic heterocycles. The molecule has 24 heavy (non-hydrogen) atoms. The van der Waals surface area contributed by atoms with Crippen LogP contribution in [0.3, 0.4) is 0 Å². The van der Waals surface area contributed by atoms with Crippen molar-refractivity contribution < 1.29 is 30.0 Å². The molecule has 0 aromatic heterocycles. The van der Waals surface area contributed by atoms with Crippen LogP contribution in [0.1, 0.15) is 15.9 Å². The molecule has 5 N–H and O–H groups in total. The van der Waals surface area contributed by atoms with E-state index in [1.165, 1.54) is 19.4 Å². The van der Waals surface area contributed by atoms with E-state index < -0.39 is 23.2 Å². The van der Waals surface area contributed by atoms with Gasteiger partial charge in [-0.25, -0.2) is 5.43 Å². The molecule has 0 fully saturated rings. The molecule has 0 aliphatic rings. The quantitative estimate of drug-likeness (QED) is 0.305. The van der Waals surface area contributed by atoms with Gasteiger partial charge in [0.15, 0.2) is 28.7 Å². The molecule has 0 atom stereocenters. The van der Waals surface area contributed by atoms with Gasteiger partial charge in [0.05, 0.1) is 17.8 Å². The first-order valence-electron chi connectivity index (χ1n) is 6.48. The molecule has 0 unspecified atom stereocenters. The van der Waals surface area contributed by atoms with Gasteiger partial charge >= 0.3 is 0 Å². The zero-order valence-electron chi connectivity index (χ0n) is 12.3. The molecule has 0 aliphatic carbocycles. The fraction of sp³-hybridized carbons (Fsp3) is 0.0667. The topological polar surface area (TPSA) is 132 Å². The van der Waals surface area contributed by atoms with Gasteiger partial charge in [-0.3, -0.25) is 4.79 Å². The second-order valence-corrected chi connectivity index (χ2v) is 5.47. The van der Waals surface area contributed by atoms with Crippen LogP contribution in [0, 0.1) is 0 Å². The standard InChI is InChI=1S/C15H13BrN2O6/c1-24-12-3-7(2-9(16)13(12)21)6-17-18-15(23)8-4-10(19)14(22)11(20)5-8/h2-6,19-22H,1H3,(H,18,23)/b17-6-. The number of phenols is 4. The van der Waals surface area contributed by atoms with Crippen LogP contribution < -0.4 is 10.2 Å². The lowest BCUT2D eigenvalue weighted by atomic mass is 10.2. The number of carbonyl (C=O) groups excluding carboxylic acids is 1. The first-order chi connectivity index (χ1) is 11.3. The van der Waals surface area contributed by atoms with E-state index in [1.54, 1.807) is 6.07 Å². The van der Waals surface area contributed by atoms with Crippen molar-refractivity contribution in [3.63, 3.8) is 0 Å². The maximum absolute atomic E-state index is 11.9. The Morgan fingerprint density at radius 2 is 1.75 bits per heavy atom. The highest BCUT2D eigenvalue weighted by atomic mass is 79.9. The summed E-state index contributed by atoms with van der Waals surface area (Å²) in [5, 5.41) is 41.4. The van der Waals surface area contributed by atoms with Crippen LogP contribution in [0.25, 0.3) is 0 Å². The number of amides is 1. The van der Waals surface area contributed by atoms with Crippen LogP contribution in [0.15, 0.2) is 33.8 Å². The first-order valence-corrected chi connectivity index (χ1v) is 7.27. The van der Waals surface area contributed by atoms with E-state index in [0.29, 0.717) is 10.0 Å². The third kappa shape index (κ3) is 3.69. The fourth-order valence-electron chi connectivity index (χ4n) is 1.79. The molecule has 0 heterocycles. The van der Waals surface area contributed by atoms with Crippen LogP contribution in [-0.4, -0.2) is 39.7 Å². The molecule has 2 aromatic rings. The molecule has 0 bridgehead atoms. The highest BCUT2D eigenvalue weighted by Crippen LogP contribution is 2.35. The highest BCUT2D eigenvalue weighted by molar-refractivity contribution is 9.10. The van der Waals surface area contributed by atoms with E-state index in [-0.39, 0.29) is 17.1 Å². The van der Waals surface area contributed by atoms with Crippen molar-refractivity contribution in [1.82, 2.24) is 5.43 Å². The fourth-order valence-corrected chi connectivity index (χ4v) is 2.25. The van der Waals surface area contributed by atoms with Gasteiger partial charge in [-0.2, -0.15) is 5.10 Å². The van der Waals surface area contributed by atoms with Gasteiger partial charge in [0, 0.05) is 5.56 Å². The monoisotopic (exact) mass is 396 g/mol. The van der Waals surface area contributed by atoms with E-state index in [0.717, 1.165) is 12.1 Å². The molecule has 2 rings (SSSR count). The van der Waals surface area contributed by atoms with E-state index in [2.05, 4.69) is 26.5 Å². The maximum atomic E-state index is 11.9. The number of rotatable bonds is 4. The smallest absolute Gasteiger partial charge is 0.271 e. The molecule has 0 radical (unpaired) electrons. The van der Waals surface area contributed by atoms with Gasteiger partial charge < -0.3 is 25.2 Å². The number of ether oxygens (including phenoxy) is 1. The number of aromatic hydroxyl groups is 4. The number of carbonyl (C=O) groups is 1. The zero-order chi connectivity index (χ0) is 17.9. The molecule has 0 saturated carbocycles. The summed E-state index contributed by atoms with van der Waals surface area (Å²) in [5.74, 6) is -2.51. The Kier molecular flexibility index (Phi) is 5.14. The van der Waals surface area contributed by atoms with E-state index in [1.807, 2.05) is 0 Å². The van der Waals surface area contributed by atoms with E-state index in [9.17, 15) is 25.2 Å². The lowest BCUT2D eigenvalue weighted by Crippen LogP contribution is -2.17. The van der Waals surface area contributed by atoms with Crippen molar-refractivity contribution in [2.24, 2.45) is 5.10 Å². The minimum Gasteiger partial charge on any atom is -0.504 e. The van der Waals surface area contributed by atoms with Crippen molar-refractivity contribution in [2.45, 2.75) is 0 Å². The van der Waals surface area contributed by atoms with Gasteiger partial charge in [0.25, 0.3) is 5.91 Å². The van der Waals surface area contributed by atoms with Gasteiger partial charge in [0.1, 0.15) is 0 Å². The molecular formula is C15H13BrN2O6. The van der Waals surface area contributed by atoms with Crippen LogP contribution in [0.4, 0.5) is 0 Å². The number of nitrogens with one attached hydrogen (secondary N) is 1. The van der Waals surface area contributed by atoms with Gasteiger partial charge in [-0.15, -0.1) is 0 Å². The summed E-state index contributed by atoms with van der Waals surface area (Å²) < 4.78 is 5.38. The number of methoxy groups -OCH3 is 1. The van der Waals surface area contributed by atoms with Crippen LogP contribution >= 0.6 is 15.9 Å². The second-order valence-electron chi connectivity index (χ2n) is 4.62. The maximum Gasteiger partial charge on any atom is 0.271 e.